The van der Waals surface area contributed by atoms with Gasteiger partial charge in [-0.3, -0.25) is 0 Å². The van der Waals surface area contributed by atoms with Gasteiger partial charge >= 0.3 is 0 Å². The van der Waals surface area contributed by atoms with Gasteiger partial charge in [0.15, 0.2) is 0 Å². The highest BCUT2D eigenvalue weighted by molar-refractivity contribution is 6.31. The lowest BCUT2D eigenvalue weighted by molar-refractivity contribution is 0.471. The summed E-state index contributed by atoms with van der Waals surface area (Å²) < 4.78 is 27.5. The zero-order valence-corrected chi connectivity index (χ0v) is 12.1. The topological polar surface area (TPSA) is 26.0 Å². The van der Waals surface area contributed by atoms with Crippen LogP contribution in [0.5, 0.6) is 0 Å². The highest BCUT2D eigenvalue weighted by atomic mass is 35.5. The molecule has 2 rings (SSSR count). The van der Waals surface area contributed by atoms with Crippen LogP contribution >= 0.6 is 11.6 Å². The summed E-state index contributed by atoms with van der Waals surface area (Å²) in [5.74, 6) is -0.722. The molecule has 20 heavy (non-hydrogen) atoms. The minimum absolute atomic E-state index is 0.195. The van der Waals surface area contributed by atoms with Gasteiger partial charge in [-0.25, -0.2) is 8.78 Å². The maximum Gasteiger partial charge on any atom is 0.127 e. The van der Waals surface area contributed by atoms with Crippen molar-refractivity contribution in [1.29, 1.82) is 0 Å². The molecule has 2 aromatic carbocycles. The predicted molar refractivity (Wildman–Crippen MR) is 77.8 cm³/mol. The molecule has 0 spiro atoms. The fraction of sp³-hybridized carbons (Fsp3) is 0.250. The first-order valence-electron chi connectivity index (χ1n) is 6.29. The molecule has 1 unspecified atom stereocenters. The van der Waals surface area contributed by atoms with E-state index in [-0.39, 0.29) is 12.2 Å². The molecular weight excluding hydrogens is 280 g/mol. The Morgan fingerprint density at radius 2 is 1.85 bits per heavy atom. The third kappa shape index (κ3) is 3.00. The zero-order chi connectivity index (χ0) is 14.9. The van der Waals surface area contributed by atoms with Crippen LogP contribution in [0.15, 0.2) is 36.4 Å². The first kappa shape index (κ1) is 14.9. The van der Waals surface area contributed by atoms with Crippen molar-refractivity contribution < 1.29 is 8.78 Å². The second kappa shape index (κ2) is 5.51. The molecule has 1 nitrogen and oxygen atoms in total. The normalized spacial score (nSPS) is 14.1. The van der Waals surface area contributed by atoms with Gasteiger partial charge in [-0.2, -0.15) is 0 Å². The Morgan fingerprint density at radius 3 is 2.45 bits per heavy atom. The lowest BCUT2D eigenvalue weighted by Crippen LogP contribution is -2.36. The van der Waals surface area contributed by atoms with Crippen molar-refractivity contribution in [3.05, 3.63) is 69.7 Å². The summed E-state index contributed by atoms with van der Waals surface area (Å²) in [5, 5.41) is 0.328. The van der Waals surface area contributed by atoms with Gasteiger partial charge in [-0.1, -0.05) is 29.8 Å². The van der Waals surface area contributed by atoms with Crippen LogP contribution < -0.4 is 5.73 Å². The van der Waals surface area contributed by atoms with Gasteiger partial charge in [0.25, 0.3) is 0 Å². The molecule has 2 N–H and O–H groups in total. The molecule has 2 aromatic rings. The second-order valence-electron chi connectivity index (χ2n) is 5.26. The van der Waals surface area contributed by atoms with E-state index in [2.05, 4.69) is 0 Å². The third-order valence-electron chi connectivity index (χ3n) is 3.44. The van der Waals surface area contributed by atoms with Gasteiger partial charge in [0.05, 0.1) is 0 Å². The van der Waals surface area contributed by atoms with E-state index in [4.69, 9.17) is 17.3 Å². The molecule has 0 radical (unpaired) electrons. The van der Waals surface area contributed by atoms with Crippen molar-refractivity contribution in [2.24, 2.45) is 5.73 Å². The standard InChI is InChI=1S/C16H16ClF2N/c1-10-6-7-11(8-15(10)19)16(2,20)9-12-13(17)4-3-5-14(12)18/h3-8H,9,20H2,1-2H3. The fourth-order valence-corrected chi connectivity index (χ4v) is 2.35. The van der Waals surface area contributed by atoms with Crippen molar-refractivity contribution in [2.45, 2.75) is 25.8 Å². The fourth-order valence-electron chi connectivity index (χ4n) is 2.12. The third-order valence-corrected chi connectivity index (χ3v) is 3.79. The molecule has 106 valence electrons. The van der Waals surface area contributed by atoms with E-state index >= 15 is 0 Å². The molecule has 4 heteroatoms. The highest BCUT2D eigenvalue weighted by Gasteiger charge is 2.25. The zero-order valence-electron chi connectivity index (χ0n) is 11.4. The van der Waals surface area contributed by atoms with E-state index in [1.54, 1.807) is 38.1 Å². The van der Waals surface area contributed by atoms with Crippen molar-refractivity contribution in [3.8, 4) is 0 Å². The molecule has 0 aliphatic rings. The number of benzene rings is 2. The minimum atomic E-state index is -0.902. The van der Waals surface area contributed by atoms with Gasteiger partial charge in [0.2, 0.25) is 0 Å². The first-order valence-corrected chi connectivity index (χ1v) is 6.67. The Hall–Kier alpha value is -1.45. The Bertz CT molecular complexity index is 618. The van der Waals surface area contributed by atoms with Crippen LogP contribution in [0.2, 0.25) is 5.02 Å². The molecule has 0 aliphatic heterocycles. The number of aryl methyl sites for hydroxylation is 1. The Labute approximate surface area is 122 Å². The number of halogens is 3. The van der Waals surface area contributed by atoms with Crippen molar-refractivity contribution in [2.75, 3.05) is 0 Å². The van der Waals surface area contributed by atoms with Crippen molar-refractivity contribution in [3.63, 3.8) is 0 Å². The van der Waals surface area contributed by atoms with E-state index in [9.17, 15) is 8.78 Å². The number of nitrogens with two attached hydrogens (primary N) is 1. The number of rotatable bonds is 3. The Kier molecular flexibility index (Phi) is 4.11. The summed E-state index contributed by atoms with van der Waals surface area (Å²) in [4.78, 5) is 0. The quantitative estimate of drug-likeness (QED) is 0.895. The van der Waals surface area contributed by atoms with Crippen LogP contribution in [0.25, 0.3) is 0 Å². The summed E-state index contributed by atoms with van der Waals surface area (Å²) in [5.41, 5.74) is 6.84. The average Bonchev–Trinajstić information content (AvgIpc) is 2.37. The maximum absolute atomic E-state index is 13.8. The average molecular weight is 296 g/mol. The molecule has 0 fully saturated rings. The molecular formula is C16H16ClF2N. The molecule has 0 heterocycles. The Morgan fingerprint density at radius 1 is 1.15 bits per heavy atom. The molecule has 0 saturated carbocycles. The van der Waals surface area contributed by atoms with Crippen LogP contribution in [0.3, 0.4) is 0 Å². The monoisotopic (exact) mass is 295 g/mol. The summed E-state index contributed by atoms with van der Waals surface area (Å²) in [6.45, 7) is 3.42. The lowest BCUT2D eigenvalue weighted by Gasteiger charge is -2.26. The number of hydrogen-bond donors (Lipinski definition) is 1. The first-order chi connectivity index (χ1) is 9.31. The van der Waals surface area contributed by atoms with Gasteiger partial charge in [0.1, 0.15) is 11.6 Å². The summed E-state index contributed by atoms with van der Waals surface area (Å²) in [7, 11) is 0. The van der Waals surface area contributed by atoms with Crippen molar-refractivity contribution >= 4 is 11.6 Å². The van der Waals surface area contributed by atoms with Crippen molar-refractivity contribution in [1.82, 2.24) is 0 Å². The highest BCUT2D eigenvalue weighted by Crippen LogP contribution is 2.29. The minimum Gasteiger partial charge on any atom is -0.321 e. The molecule has 1 atom stereocenters. The summed E-state index contributed by atoms with van der Waals surface area (Å²) in [6, 6.07) is 9.31. The van der Waals surface area contributed by atoms with Crippen LogP contribution in [-0.4, -0.2) is 0 Å². The predicted octanol–water partition coefficient (Wildman–Crippen LogP) is 4.34. The van der Waals surface area contributed by atoms with Gasteiger partial charge in [-0.05, 0) is 49.6 Å². The SMILES string of the molecule is Cc1ccc(C(C)(N)Cc2c(F)cccc2Cl)cc1F. The molecule has 0 amide bonds. The Balaban J connectivity index is 2.37. The summed E-state index contributed by atoms with van der Waals surface area (Å²) >= 11 is 6.01. The van der Waals surface area contributed by atoms with Gasteiger partial charge in [-0.15, -0.1) is 0 Å². The molecule has 0 aromatic heterocycles. The van der Waals surface area contributed by atoms with E-state index < -0.39 is 11.4 Å². The van der Waals surface area contributed by atoms with Gasteiger partial charge < -0.3 is 5.73 Å². The van der Waals surface area contributed by atoms with E-state index in [1.165, 1.54) is 12.1 Å². The van der Waals surface area contributed by atoms with Gasteiger partial charge in [0, 0.05) is 16.1 Å². The van der Waals surface area contributed by atoms with E-state index in [0.717, 1.165) is 0 Å². The smallest absolute Gasteiger partial charge is 0.127 e. The van der Waals surface area contributed by atoms with Crippen LogP contribution in [0.1, 0.15) is 23.6 Å². The van der Waals surface area contributed by atoms with Crippen LogP contribution in [-0.2, 0) is 12.0 Å². The number of hydrogen-bond acceptors (Lipinski definition) is 1. The van der Waals surface area contributed by atoms with E-state index in [0.29, 0.717) is 21.7 Å². The van der Waals surface area contributed by atoms with Crippen LogP contribution in [0.4, 0.5) is 8.78 Å². The van der Waals surface area contributed by atoms with Crippen LogP contribution in [0, 0.1) is 18.6 Å². The maximum atomic E-state index is 13.8. The molecule has 0 saturated heterocycles. The molecule has 0 bridgehead atoms. The largest absolute Gasteiger partial charge is 0.321 e. The molecule has 0 aliphatic carbocycles. The lowest BCUT2D eigenvalue weighted by atomic mass is 9.86. The second-order valence-corrected chi connectivity index (χ2v) is 5.67. The van der Waals surface area contributed by atoms with E-state index in [1.807, 2.05) is 0 Å². The summed E-state index contributed by atoms with van der Waals surface area (Å²) in [6.07, 6.45) is 0.195.